The number of nitrogens with one attached hydrogen (secondary N) is 1. The van der Waals surface area contributed by atoms with Gasteiger partial charge in [0.15, 0.2) is 0 Å². The topological polar surface area (TPSA) is 109 Å². The van der Waals surface area contributed by atoms with E-state index in [1.54, 1.807) is 29.2 Å². The van der Waals surface area contributed by atoms with Gasteiger partial charge in [-0.15, -0.1) is 0 Å². The van der Waals surface area contributed by atoms with Crippen LogP contribution in [0.25, 0.3) is 0 Å². The highest BCUT2D eigenvalue weighted by Crippen LogP contribution is 2.25. The second-order valence-corrected chi connectivity index (χ2v) is 8.69. The molecular weight excluding hydrogens is 372 g/mol. The number of amides is 1. The number of nitrogen functional groups attached to an aromatic ring is 1. The molecule has 3 rings (SSSR count). The Bertz CT molecular complexity index is 764. The van der Waals surface area contributed by atoms with E-state index in [1.165, 1.54) is 0 Å². The molecule has 2 fully saturated rings. The van der Waals surface area contributed by atoms with Crippen LogP contribution in [0, 0.1) is 11.3 Å². The second kappa shape index (κ2) is 8.41. The molecule has 1 aromatic rings. The zero-order valence-corrected chi connectivity index (χ0v) is 17.3. The van der Waals surface area contributed by atoms with Gasteiger partial charge in [0.25, 0.3) is 0 Å². The number of anilines is 1. The van der Waals surface area contributed by atoms with E-state index in [-0.39, 0.29) is 29.9 Å². The molecule has 0 spiro atoms. The summed E-state index contributed by atoms with van der Waals surface area (Å²) in [6.45, 7) is 8.34. The third-order valence-corrected chi connectivity index (χ3v) is 5.15. The van der Waals surface area contributed by atoms with E-state index < -0.39 is 5.60 Å². The fourth-order valence-electron chi connectivity index (χ4n) is 3.67. The maximum absolute atomic E-state index is 12.3. The predicted molar refractivity (Wildman–Crippen MR) is 110 cm³/mol. The Labute approximate surface area is 171 Å². The summed E-state index contributed by atoms with van der Waals surface area (Å²) >= 11 is 0. The van der Waals surface area contributed by atoms with Crippen molar-refractivity contribution in [3.63, 3.8) is 0 Å². The van der Waals surface area contributed by atoms with Crippen LogP contribution in [-0.4, -0.2) is 60.7 Å². The third-order valence-electron chi connectivity index (χ3n) is 5.15. The van der Waals surface area contributed by atoms with E-state index in [1.807, 2.05) is 20.8 Å². The molecule has 0 radical (unpaired) electrons. The number of esters is 1. The first-order chi connectivity index (χ1) is 13.6. The Morgan fingerprint density at radius 2 is 1.86 bits per heavy atom. The number of hydrogen-bond donors (Lipinski definition) is 2. The average molecular weight is 402 g/mol. The van der Waals surface area contributed by atoms with Crippen LogP contribution in [0.1, 0.15) is 39.2 Å². The number of nitrogens with zero attached hydrogens (tertiary/aromatic N) is 2. The smallest absolute Gasteiger partial charge is 0.414 e. The summed E-state index contributed by atoms with van der Waals surface area (Å²) in [6.07, 6.45) is 0.930. The second-order valence-electron chi connectivity index (χ2n) is 8.69. The maximum atomic E-state index is 12.3. The van der Waals surface area contributed by atoms with Crippen molar-refractivity contribution in [3.8, 4) is 0 Å². The number of cyclic esters (lactones) is 1. The molecule has 1 aromatic carbocycles. The van der Waals surface area contributed by atoms with E-state index in [0.29, 0.717) is 18.7 Å². The quantitative estimate of drug-likeness (QED) is 0.445. The summed E-state index contributed by atoms with van der Waals surface area (Å²) in [5, 5.41) is 7.45. The van der Waals surface area contributed by atoms with Gasteiger partial charge in [0, 0.05) is 17.8 Å². The Morgan fingerprint density at radius 1 is 1.24 bits per heavy atom. The fraction of sp³-hybridized carbons (Fsp3) is 0.571. The van der Waals surface area contributed by atoms with Gasteiger partial charge < -0.3 is 15.2 Å². The molecule has 3 N–H and O–H groups in total. The van der Waals surface area contributed by atoms with Crippen molar-refractivity contribution in [1.82, 2.24) is 4.90 Å². The number of ether oxygens (including phenoxy) is 2. The van der Waals surface area contributed by atoms with Crippen LogP contribution in [0.4, 0.5) is 10.5 Å². The summed E-state index contributed by atoms with van der Waals surface area (Å²) in [4.78, 5) is 28.3. The Hall–Kier alpha value is -2.61. The number of piperidine rings is 1. The molecule has 0 saturated carbocycles. The van der Waals surface area contributed by atoms with Crippen molar-refractivity contribution in [2.24, 2.45) is 11.7 Å². The predicted octanol–water partition coefficient (Wildman–Crippen LogP) is 2.35. The third kappa shape index (κ3) is 5.47. The summed E-state index contributed by atoms with van der Waals surface area (Å²) in [7, 11) is 0. The molecule has 2 heterocycles. The minimum Gasteiger partial charge on any atom is -0.460 e. The molecular formula is C21H30N4O4. The first kappa shape index (κ1) is 21.1. The Balaban J connectivity index is 1.49. The molecule has 1 unspecified atom stereocenters. The number of amidine groups is 1. The normalized spacial score (nSPS) is 21.1. The van der Waals surface area contributed by atoms with Crippen LogP contribution < -0.4 is 10.6 Å². The number of nitrogens with two attached hydrogens (primary N) is 1. The molecule has 2 aliphatic heterocycles. The molecule has 29 heavy (non-hydrogen) atoms. The number of hydrogen-bond acceptors (Lipinski definition) is 6. The molecule has 0 bridgehead atoms. The van der Waals surface area contributed by atoms with Gasteiger partial charge in [-0.05, 0) is 71.0 Å². The highest BCUT2D eigenvalue weighted by Gasteiger charge is 2.35. The lowest BCUT2D eigenvalue weighted by atomic mass is 9.96. The van der Waals surface area contributed by atoms with Gasteiger partial charge >= 0.3 is 12.1 Å². The van der Waals surface area contributed by atoms with E-state index in [9.17, 15) is 9.59 Å². The van der Waals surface area contributed by atoms with Crippen molar-refractivity contribution < 1.29 is 19.1 Å². The maximum Gasteiger partial charge on any atom is 0.414 e. The Kier molecular flexibility index (Phi) is 6.12. The monoisotopic (exact) mass is 402 g/mol. The van der Waals surface area contributed by atoms with Gasteiger partial charge in [-0.1, -0.05) is 0 Å². The molecule has 2 aliphatic rings. The van der Waals surface area contributed by atoms with Gasteiger partial charge in [-0.25, -0.2) is 4.79 Å². The first-order valence-corrected chi connectivity index (χ1v) is 10.0. The van der Waals surface area contributed by atoms with Gasteiger partial charge in [-0.3, -0.25) is 20.0 Å². The molecule has 1 amide bonds. The fourth-order valence-corrected chi connectivity index (χ4v) is 3.67. The molecule has 2 saturated heterocycles. The number of carbonyl (C=O) groups is 2. The van der Waals surface area contributed by atoms with Gasteiger partial charge in [-0.2, -0.15) is 0 Å². The van der Waals surface area contributed by atoms with E-state index in [2.05, 4.69) is 4.90 Å². The van der Waals surface area contributed by atoms with Crippen molar-refractivity contribution in [1.29, 1.82) is 5.41 Å². The van der Waals surface area contributed by atoms with Crippen LogP contribution in [0.15, 0.2) is 24.3 Å². The lowest BCUT2D eigenvalue weighted by molar-refractivity contribution is -0.161. The molecule has 158 valence electrons. The SMILES string of the molecule is CC(C)(C)OC(=O)C1CCN(CC2CN(c3ccc(C(=N)N)cc3)C(=O)O2)CC1. The van der Waals surface area contributed by atoms with Crippen LogP contribution >= 0.6 is 0 Å². The minimum atomic E-state index is -0.460. The zero-order valence-electron chi connectivity index (χ0n) is 17.3. The van der Waals surface area contributed by atoms with Crippen molar-refractivity contribution in [2.45, 2.75) is 45.3 Å². The zero-order chi connectivity index (χ0) is 21.2. The Morgan fingerprint density at radius 3 is 2.41 bits per heavy atom. The summed E-state index contributed by atoms with van der Waals surface area (Å²) in [6, 6.07) is 6.98. The molecule has 0 aliphatic carbocycles. The lowest BCUT2D eigenvalue weighted by Gasteiger charge is -2.33. The summed E-state index contributed by atoms with van der Waals surface area (Å²) in [5.41, 5.74) is 6.36. The van der Waals surface area contributed by atoms with Crippen molar-refractivity contribution in [2.75, 3.05) is 31.1 Å². The van der Waals surface area contributed by atoms with Crippen molar-refractivity contribution in [3.05, 3.63) is 29.8 Å². The van der Waals surface area contributed by atoms with Crippen LogP contribution in [0.2, 0.25) is 0 Å². The first-order valence-electron chi connectivity index (χ1n) is 10.0. The van der Waals surface area contributed by atoms with E-state index in [4.69, 9.17) is 20.6 Å². The standard InChI is InChI=1S/C21H30N4O4/c1-21(2,3)29-19(26)15-8-10-24(11-9-15)12-17-13-25(20(27)28-17)16-6-4-14(5-7-16)18(22)23/h4-7,15,17H,8-13H2,1-3H3,(H3,22,23). The highest BCUT2D eigenvalue weighted by molar-refractivity contribution is 5.96. The minimum absolute atomic E-state index is 0.00629. The van der Waals surface area contributed by atoms with Crippen LogP contribution in [0.5, 0.6) is 0 Å². The molecule has 8 nitrogen and oxygen atoms in total. The summed E-state index contributed by atoms with van der Waals surface area (Å²) < 4.78 is 11.0. The van der Waals surface area contributed by atoms with Gasteiger partial charge in [0.2, 0.25) is 0 Å². The highest BCUT2D eigenvalue weighted by atomic mass is 16.6. The van der Waals surface area contributed by atoms with Crippen molar-refractivity contribution >= 4 is 23.6 Å². The number of likely N-dealkylation sites (tertiary alicyclic amines) is 1. The summed E-state index contributed by atoms with van der Waals surface area (Å²) in [5.74, 6) is -0.189. The molecule has 1 atom stereocenters. The number of carbonyl (C=O) groups excluding carboxylic acids is 2. The molecule has 8 heteroatoms. The number of benzene rings is 1. The largest absolute Gasteiger partial charge is 0.460 e. The van der Waals surface area contributed by atoms with Crippen LogP contribution in [0.3, 0.4) is 0 Å². The number of rotatable bonds is 5. The van der Waals surface area contributed by atoms with E-state index in [0.717, 1.165) is 31.6 Å². The lowest BCUT2D eigenvalue weighted by Crippen LogP contribution is -2.42. The van der Waals surface area contributed by atoms with Crippen LogP contribution in [-0.2, 0) is 14.3 Å². The molecule has 0 aromatic heterocycles. The van der Waals surface area contributed by atoms with E-state index >= 15 is 0 Å². The average Bonchev–Trinajstić information content (AvgIpc) is 3.01. The van der Waals surface area contributed by atoms with Gasteiger partial charge in [0.05, 0.1) is 12.5 Å². The van der Waals surface area contributed by atoms with Gasteiger partial charge in [0.1, 0.15) is 17.5 Å².